The van der Waals surface area contributed by atoms with Crippen molar-refractivity contribution in [3.63, 3.8) is 0 Å². The Morgan fingerprint density at radius 3 is 1.46 bits per heavy atom. The molecule has 3 aliphatic rings. The number of nitrogens with zero attached hydrogens (tertiary/aromatic N) is 17. The monoisotopic (exact) mass is 1560 g/mol. The minimum Gasteiger partial charge on any atom is -0.410 e. The van der Waals surface area contributed by atoms with Crippen LogP contribution in [0.3, 0.4) is 0 Å². The lowest BCUT2D eigenvalue weighted by Gasteiger charge is -2.30. The largest absolute Gasteiger partial charge is 0.422 e. The molecular weight excluding hydrogens is 1480 g/mol. The summed E-state index contributed by atoms with van der Waals surface area (Å²) >= 11 is 0. The number of amides is 1. The average Bonchev–Trinajstić information content (AvgIpc) is 1.61. The molecule has 0 aliphatic carbocycles. The number of H-pyrrole nitrogens is 1. The molecule has 0 saturated carbocycles. The molecule has 0 unspecified atom stereocenters. The van der Waals surface area contributed by atoms with E-state index in [0.717, 1.165) is 74.4 Å². The van der Waals surface area contributed by atoms with Gasteiger partial charge in [0.2, 0.25) is 23.0 Å². The summed E-state index contributed by atoms with van der Waals surface area (Å²) in [7, 11) is -2.34. The van der Waals surface area contributed by atoms with Crippen molar-refractivity contribution in [3.05, 3.63) is 173 Å². The van der Waals surface area contributed by atoms with E-state index in [1.807, 2.05) is 67.7 Å². The van der Waals surface area contributed by atoms with Crippen molar-refractivity contribution in [1.82, 2.24) is 63.0 Å². The van der Waals surface area contributed by atoms with E-state index >= 15 is 0 Å². The Bertz CT molecular complexity index is 5010. The molecule has 3 aliphatic heterocycles. The zero-order chi connectivity index (χ0) is 79.3. The first-order valence-corrected chi connectivity index (χ1v) is 42.7. The van der Waals surface area contributed by atoms with Gasteiger partial charge in [0.1, 0.15) is 72.6 Å². The van der Waals surface area contributed by atoms with Crippen molar-refractivity contribution in [1.29, 1.82) is 0 Å². The predicted octanol–water partition coefficient (Wildman–Crippen LogP) is 16.0. The van der Waals surface area contributed by atoms with E-state index in [4.69, 9.17) is 33.9 Å². The van der Waals surface area contributed by atoms with Gasteiger partial charge in [0.15, 0.2) is 0 Å². The van der Waals surface area contributed by atoms with Gasteiger partial charge in [-0.05, 0) is 84.8 Å². The number of rotatable bonds is 20. The van der Waals surface area contributed by atoms with Crippen LogP contribution in [0, 0.1) is 19.7 Å². The van der Waals surface area contributed by atoms with Gasteiger partial charge in [0.25, 0.3) is 0 Å². The first kappa shape index (κ1) is 81.6. The fourth-order valence-electron chi connectivity index (χ4n) is 12.6. The molecule has 0 fully saturated rings. The second-order valence-electron chi connectivity index (χ2n) is 28.6. The number of aromatic amines is 1. The van der Waals surface area contributed by atoms with E-state index in [0.29, 0.717) is 124 Å². The van der Waals surface area contributed by atoms with E-state index in [9.17, 15) is 53.9 Å². The normalized spacial score (nSPS) is 13.7. The van der Waals surface area contributed by atoms with E-state index in [1.165, 1.54) is 38.7 Å². The highest BCUT2D eigenvalue weighted by Gasteiger charge is 2.34. The highest BCUT2D eigenvalue weighted by molar-refractivity contribution is 6.76. The minimum atomic E-state index is -4.37. The van der Waals surface area contributed by atoms with Crippen molar-refractivity contribution in [3.8, 4) is 5.75 Å². The van der Waals surface area contributed by atoms with Crippen LogP contribution in [0.1, 0.15) is 70.7 Å². The number of carbonyl (C=O) groups is 3. The van der Waals surface area contributed by atoms with Crippen LogP contribution in [0.5, 0.6) is 5.75 Å². The fraction of sp³-hybridized carbons (Fsp3) is 0.425. The molecule has 0 saturated heterocycles. The molecule has 26 nitrogen and oxygen atoms in total. The maximum Gasteiger partial charge on any atom is 0.422 e. The molecule has 1 amide bonds. The van der Waals surface area contributed by atoms with Crippen LogP contribution >= 0.6 is 0 Å². The lowest BCUT2D eigenvalue weighted by Crippen LogP contribution is -2.36. The highest BCUT2D eigenvalue weighted by Crippen LogP contribution is 2.39. The van der Waals surface area contributed by atoms with Crippen LogP contribution in [-0.4, -0.2) is 156 Å². The molecule has 582 valence electrons. The maximum atomic E-state index is 13.0. The number of hydrogen-bond acceptors (Lipinski definition) is 16. The van der Waals surface area contributed by atoms with Crippen LogP contribution in [0.4, 0.5) is 83.6 Å². The summed E-state index contributed by atoms with van der Waals surface area (Å²) in [6, 6.07) is 16.2. The Balaban J connectivity index is 0.000000169. The number of anilines is 3. The zero-order valence-corrected chi connectivity index (χ0v) is 63.4. The van der Waals surface area contributed by atoms with Crippen LogP contribution < -0.4 is 30.5 Å². The number of nitrogens with one attached hydrogen (secondary N) is 2. The second-order valence-corrected chi connectivity index (χ2v) is 39.9. The highest BCUT2D eigenvalue weighted by atomic mass is 28.3. The molecule has 13 rings (SSSR count). The van der Waals surface area contributed by atoms with E-state index in [2.05, 4.69) is 105 Å². The maximum absolute atomic E-state index is 13.0. The Labute approximate surface area is 629 Å². The number of ether oxygens (including phenoxy) is 3. The summed E-state index contributed by atoms with van der Waals surface area (Å²) in [6.07, 6.45) is -0.518. The topological polar surface area (TPSA) is 258 Å². The lowest BCUT2D eigenvalue weighted by atomic mass is 10.1. The van der Waals surface area contributed by atoms with Gasteiger partial charge < -0.3 is 58.6 Å². The Morgan fingerprint density at radius 1 is 0.564 bits per heavy atom. The first-order chi connectivity index (χ1) is 52.2. The van der Waals surface area contributed by atoms with Crippen molar-refractivity contribution in [2.24, 2.45) is 5.73 Å². The molecule has 0 spiro atoms. The quantitative estimate of drug-likeness (QED) is 0.0277. The molecule has 0 atom stereocenters. The zero-order valence-electron chi connectivity index (χ0n) is 61.4. The Morgan fingerprint density at radius 2 is 1.01 bits per heavy atom. The molecule has 10 aromatic rings. The predicted molar refractivity (Wildman–Crippen MR) is 401 cm³/mol. The van der Waals surface area contributed by atoms with E-state index in [-0.39, 0.29) is 25.9 Å². The number of alkyl halides is 9. The Hall–Kier alpha value is -10.9. The first-order valence-electron chi connectivity index (χ1n) is 35.3. The fourth-order valence-corrected chi connectivity index (χ4v) is 14.1. The number of halogens is 9. The smallest absolute Gasteiger partial charge is 0.410 e. The number of benzene rings is 1. The third kappa shape index (κ3) is 21.1. The van der Waals surface area contributed by atoms with Crippen LogP contribution in [0.2, 0.25) is 51.4 Å². The molecule has 4 N–H and O–H groups in total. The van der Waals surface area contributed by atoms with Crippen molar-refractivity contribution >= 4 is 102 Å². The van der Waals surface area contributed by atoms with Crippen molar-refractivity contribution < 1.29 is 68.1 Å². The molecule has 0 radical (unpaired) electrons. The van der Waals surface area contributed by atoms with Crippen LogP contribution in [-0.2, 0) is 61.8 Å². The molecule has 110 heavy (non-hydrogen) atoms. The van der Waals surface area contributed by atoms with Gasteiger partial charge >= 0.3 is 30.7 Å². The SMILES string of the molecule is NCCC(F)(F)F.[C-]#[N+]c1cn(C(=O)CCCC(F)(F)F)c2c1CCN(c1ncnc3[nH]ccc13)C2.[C-]#[N+]c1cn(C(=O)NCCC(F)(F)F)c2c1CCN(c1ncnc3c1ccn3COCC[Si](C)(C)C)C2.[C-]#[N+]c1cn(C(=O)Oc2ccccc2)c2c1CCN(c1ncnc3c1ccn3COCC[Si](C)(C)C)C2. The third-order valence-corrected chi connectivity index (χ3v) is 21.6. The summed E-state index contributed by atoms with van der Waals surface area (Å²) in [5.74, 6) is 2.22. The molecule has 0 bridgehead atoms. The summed E-state index contributed by atoms with van der Waals surface area (Å²) in [5, 5.41) is 4.91. The summed E-state index contributed by atoms with van der Waals surface area (Å²) in [6.45, 7) is 40.7. The van der Waals surface area contributed by atoms with Gasteiger partial charge in [0.05, 0.1) is 68.4 Å². The standard InChI is InChI=1S/C27H30N6O3Si.C24H30F3N7O2Si.C19H17F3N6O.C3H6F3N/c1-28-23-16-33(27(34)36-20-8-6-5-7-9-20)24-17-31(12-10-21(23)24)25-22-11-13-32(26(22)30-18-29-25)19-35-14-15-37(2,3)4;1-28-19-13-34(23(35)29-8-7-24(25,26)27)20-14-32(9-5-17(19)20)21-18-6-10-33(22(18)31-15-30-21)16-36-11-12-37(2,3)4;1-23-14-9-28(16(29)3-2-6-19(20,21)22)15-10-27(8-5-12(14)15)18-13-4-7-24-17(13)25-11-26-18;4-3(5,6)1-2-7/h5-9,11,13,16,18H,10,12,14-15,17,19H2,2-4H3;6,10,13,15H,5,7-9,11-12,14,16H2,2-4H3,(H,29,35);4,7,9,11H,2-3,5-6,8,10H2,(H,24,25,26);1-2,7H2. The molecule has 37 heteroatoms. The number of hydrogen-bond donors (Lipinski definition) is 3. The average molecular weight is 1560 g/mol. The number of para-hydroxylation sites is 1. The summed E-state index contributed by atoms with van der Waals surface area (Å²) in [4.78, 5) is 84.7. The molecule has 9 aromatic heterocycles. The van der Waals surface area contributed by atoms with Crippen LogP contribution in [0.15, 0.2) is 105 Å². The summed E-state index contributed by atoms with van der Waals surface area (Å²) in [5.41, 5.74) is 12.4. The van der Waals surface area contributed by atoms with Crippen LogP contribution in [0.25, 0.3) is 47.6 Å². The second kappa shape index (κ2) is 35.2. The van der Waals surface area contributed by atoms with E-state index < -0.39 is 78.5 Å². The number of aromatic nitrogens is 12. The van der Waals surface area contributed by atoms with E-state index in [1.54, 1.807) is 30.9 Å². The number of carbonyl (C=O) groups excluding carboxylic acids is 3. The molecule has 12 heterocycles. The Kier molecular flexibility index (Phi) is 26.1. The van der Waals surface area contributed by atoms with Crippen molar-refractivity contribution in [2.45, 2.75) is 154 Å². The van der Waals surface area contributed by atoms with Gasteiger partial charge in [-0.15, -0.1) is 0 Å². The van der Waals surface area contributed by atoms with Gasteiger partial charge in [-0.2, -0.15) is 39.5 Å². The van der Waals surface area contributed by atoms with Gasteiger partial charge in [-0.1, -0.05) is 57.5 Å². The number of nitrogens with two attached hydrogens (primary N) is 1. The van der Waals surface area contributed by atoms with Gasteiger partial charge in [-0.3, -0.25) is 13.9 Å². The molecular formula is C73H83F9N20O6Si2. The lowest BCUT2D eigenvalue weighted by molar-refractivity contribution is -0.135. The van der Waals surface area contributed by atoms with Crippen molar-refractivity contribution in [2.75, 3.05) is 60.6 Å². The molecule has 1 aromatic carbocycles. The van der Waals surface area contributed by atoms with Gasteiger partial charge in [0, 0.05) is 129 Å². The number of fused-ring (bicyclic) bond motifs is 6. The minimum absolute atomic E-state index is 0.229. The summed E-state index contributed by atoms with van der Waals surface area (Å²) < 4.78 is 133. The third-order valence-electron chi connectivity index (χ3n) is 18.2. The van der Waals surface area contributed by atoms with Gasteiger partial charge in [-0.25, -0.2) is 54.0 Å².